The maximum atomic E-state index is 11.8. The normalized spacial score (nSPS) is 10.6. The third-order valence-electron chi connectivity index (χ3n) is 5.70. The molecule has 0 atom stereocenters. The third-order valence-corrected chi connectivity index (χ3v) is 5.70. The molecule has 0 radical (unpaired) electrons. The van der Waals surface area contributed by atoms with Crippen LogP contribution in [-0.4, -0.2) is 62.3 Å². The van der Waals surface area contributed by atoms with E-state index in [1.54, 1.807) is 0 Å². The molecular weight excluding hydrogens is 452 g/mol. The van der Waals surface area contributed by atoms with Crippen molar-refractivity contribution >= 4 is 24.3 Å². The SMILES string of the molecule is O=COCCOCCNC(=O)CCNC(=O)CCCCCCCCCCCCCCCCC(=O)O. The molecule has 0 heterocycles. The molecule has 204 valence electrons. The summed E-state index contributed by atoms with van der Waals surface area (Å²) in [6, 6.07) is 0. The molecule has 0 aliphatic heterocycles. The number of ether oxygens (including phenoxy) is 2. The van der Waals surface area contributed by atoms with Crippen molar-refractivity contribution < 1.29 is 33.8 Å². The number of rotatable bonds is 27. The van der Waals surface area contributed by atoms with E-state index in [1.165, 1.54) is 51.4 Å². The first kappa shape index (κ1) is 32.8. The van der Waals surface area contributed by atoms with E-state index in [2.05, 4.69) is 15.4 Å². The van der Waals surface area contributed by atoms with Gasteiger partial charge < -0.3 is 25.2 Å². The molecule has 0 aliphatic rings. The quantitative estimate of drug-likeness (QED) is 0.114. The molecule has 0 aromatic carbocycles. The van der Waals surface area contributed by atoms with Gasteiger partial charge in [-0.25, -0.2) is 0 Å². The molecule has 0 spiro atoms. The highest BCUT2D eigenvalue weighted by molar-refractivity contribution is 5.78. The maximum Gasteiger partial charge on any atom is 0.303 e. The van der Waals surface area contributed by atoms with Crippen molar-refractivity contribution in [3.8, 4) is 0 Å². The van der Waals surface area contributed by atoms with E-state index in [0.717, 1.165) is 38.5 Å². The Balaban J connectivity index is 3.27. The predicted molar refractivity (Wildman–Crippen MR) is 135 cm³/mol. The number of hydrogen-bond donors (Lipinski definition) is 3. The Morgan fingerprint density at radius 1 is 0.571 bits per heavy atom. The fraction of sp³-hybridized carbons (Fsp3) is 0.846. The van der Waals surface area contributed by atoms with Crippen LogP contribution in [0.1, 0.15) is 109 Å². The lowest BCUT2D eigenvalue weighted by atomic mass is 10.0. The van der Waals surface area contributed by atoms with Crippen molar-refractivity contribution in [3.63, 3.8) is 0 Å². The molecule has 0 aromatic heterocycles. The van der Waals surface area contributed by atoms with E-state index in [-0.39, 0.29) is 24.8 Å². The van der Waals surface area contributed by atoms with Crippen molar-refractivity contribution in [2.24, 2.45) is 0 Å². The van der Waals surface area contributed by atoms with Crippen molar-refractivity contribution in [2.75, 3.05) is 32.9 Å². The summed E-state index contributed by atoms with van der Waals surface area (Å²) in [7, 11) is 0. The van der Waals surface area contributed by atoms with E-state index in [4.69, 9.17) is 9.84 Å². The zero-order valence-corrected chi connectivity index (χ0v) is 21.5. The molecule has 9 nitrogen and oxygen atoms in total. The van der Waals surface area contributed by atoms with Crippen LogP contribution in [0.25, 0.3) is 0 Å². The Morgan fingerprint density at radius 3 is 1.54 bits per heavy atom. The standard InChI is InChI=1S/C26H48N2O7/c29-23-35-22-21-34-20-19-28-25(31)17-18-27-24(30)15-13-11-9-7-5-3-1-2-4-6-8-10-12-14-16-26(32)33/h23H,1-22H2,(H,27,30)(H,28,31)(H,32,33). The topological polar surface area (TPSA) is 131 Å². The highest BCUT2D eigenvalue weighted by Crippen LogP contribution is 2.13. The largest absolute Gasteiger partial charge is 0.481 e. The molecule has 35 heavy (non-hydrogen) atoms. The fourth-order valence-corrected chi connectivity index (χ4v) is 3.70. The number of nitrogens with one attached hydrogen (secondary N) is 2. The van der Waals surface area contributed by atoms with Gasteiger partial charge in [0.2, 0.25) is 11.8 Å². The summed E-state index contributed by atoms with van der Waals surface area (Å²) in [6.45, 7) is 1.93. The first-order chi connectivity index (χ1) is 17.1. The highest BCUT2D eigenvalue weighted by atomic mass is 16.5. The van der Waals surface area contributed by atoms with Gasteiger partial charge in [0.05, 0.1) is 13.2 Å². The van der Waals surface area contributed by atoms with Crippen LogP contribution in [0.4, 0.5) is 0 Å². The smallest absolute Gasteiger partial charge is 0.303 e. The van der Waals surface area contributed by atoms with Gasteiger partial charge in [0.25, 0.3) is 6.47 Å². The summed E-state index contributed by atoms with van der Waals surface area (Å²) < 4.78 is 9.65. The van der Waals surface area contributed by atoms with Gasteiger partial charge in [0, 0.05) is 32.4 Å². The van der Waals surface area contributed by atoms with Gasteiger partial charge in [-0.15, -0.1) is 0 Å². The highest BCUT2D eigenvalue weighted by Gasteiger charge is 2.04. The second-order valence-electron chi connectivity index (χ2n) is 8.87. The van der Waals surface area contributed by atoms with Crippen LogP contribution in [0.5, 0.6) is 0 Å². The van der Waals surface area contributed by atoms with Crippen molar-refractivity contribution in [1.82, 2.24) is 10.6 Å². The summed E-state index contributed by atoms with van der Waals surface area (Å²) in [4.78, 5) is 43.9. The van der Waals surface area contributed by atoms with E-state index in [9.17, 15) is 19.2 Å². The Morgan fingerprint density at radius 2 is 1.03 bits per heavy atom. The molecule has 9 heteroatoms. The summed E-state index contributed by atoms with van der Waals surface area (Å²) >= 11 is 0. The van der Waals surface area contributed by atoms with Gasteiger partial charge in [-0.2, -0.15) is 0 Å². The maximum absolute atomic E-state index is 11.8. The summed E-state index contributed by atoms with van der Waals surface area (Å²) in [5.74, 6) is -0.825. The second kappa shape index (κ2) is 26.4. The Bertz CT molecular complexity index is 544. The van der Waals surface area contributed by atoms with Crippen LogP contribution >= 0.6 is 0 Å². The second-order valence-corrected chi connectivity index (χ2v) is 8.87. The third kappa shape index (κ3) is 28.0. The van der Waals surface area contributed by atoms with Gasteiger partial charge in [-0.05, 0) is 12.8 Å². The van der Waals surface area contributed by atoms with Crippen LogP contribution in [0, 0.1) is 0 Å². The zero-order chi connectivity index (χ0) is 25.8. The molecule has 0 fully saturated rings. The van der Waals surface area contributed by atoms with Gasteiger partial charge in [0.1, 0.15) is 6.61 Å². The first-order valence-corrected chi connectivity index (χ1v) is 13.4. The zero-order valence-electron chi connectivity index (χ0n) is 21.5. The van der Waals surface area contributed by atoms with Crippen LogP contribution in [-0.2, 0) is 28.7 Å². The number of carbonyl (C=O) groups is 4. The Labute approximate surface area is 211 Å². The number of amides is 2. The molecule has 0 saturated heterocycles. The van der Waals surface area contributed by atoms with Crippen molar-refractivity contribution in [2.45, 2.75) is 109 Å². The van der Waals surface area contributed by atoms with Crippen molar-refractivity contribution in [3.05, 3.63) is 0 Å². The lowest BCUT2D eigenvalue weighted by Crippen LogP contribution is -2.32. The van der Waals surface area contributed by atoms with Crippen LogP contribution in [0.3, 0.4) is 0 Å². The Kier molecular flexibility index (Phi) is 24.8. The number of aliphatic carboxylic acids is 1. The summed E-state index contributed by atoms with van der Waals surface area (Å²) in [5.41, 5.74) is 0. The molecular formula is C26H48N2O7. The average Bonchev–Trinajstić information content (AvgIpc) is 2.83. The summed E-state index contributed by atoms with van der Waals surface area (Å²) in [6.07, 6.45) is 17.2. The number of carbonyl (C=O) groups excluding carboxylic acids is 3. The van der Waals surface area contributed by atoms with E-state index in [0.29, 0.717) is 45.6 Å². The van der Waals surface area contributed by atoms with E-state index >= 15 is 0 Å². The molecule has 0 aliphatic carbocycles. The molecule has 3 N–H and O–H groups in total. The lowest BCUT2D eigenvalue weighted by molar-refractivity contribution is -0.137. The minimum absolute atomic E-state index is 0.00167. The van der Waals surface area contributed by atoms with Crippen LogP contribution in [0.2, 0.25) is 0 Å². The minimum Gasteiger partial charge on any atom is -0.481 e. The molecule has 2 amide bonds. The van der Waals surface area contributed by atoms with Gasteiger partial charge in [0.15, 0.2) is 0 Å². The van der Waals surface area contributed by atoms with Gasteiger partial charge >= 0.3 is 5.97 Å². The van der Waals surface area contributed by atoms with Gasteiger partial charge in [-0.3, -0.25) is 19.2 Å². The number of carboxylic acid groups (broad SMARTS) is 1. The lowest BCUT2D eigenvalue weighted by Gasteiger charge is -2.07. The number of unbranched alkanes of at least 4 members (excludes halogenated alkanes) is 13. The molecule has 0 unspecified atom stereocenters. The first-order valence-electron chi connectivity index (χ1n) is 13.4. The van der Waals surface area contributed by atoms with E-state index in [1.807, 2.05) is 0 Å². The Hall–Kier alpha value is -2.16. The molecule has 0 rings (SSSR count). The predicted octanol–water partition coefficient (Wildman–Crippen LogP) is 4.12. The molecule has 0 saturated carbocycles. The van der Waals surface area contributed by atoms with Gasteiger partial charge in [-0.1, -0.05) is 77.0 Å². The molecule has 0 aromatic rings. The number of hydrogen-bond acceptors (Lipinski definition) is 6. The minimum atomic E-state index is -0.690. The monoisotopic (exact) mass is 500 g/mol. The average molecular weight is 501 g/mol. The van der Waals surface area contributed by atoms with E-state index < -0.39 is 5.97 Å². The van der Waals surface area contributed by atoms with Crippen molar-refractivity contribution in [1.29, 1.82) is 0 Å². The van der Waals surface area contributed by atoms with Crippen LogP contribution in [0.15, 0.2) is 0 Å². The summed E-state index contributed by atoms with van der Waals surface area (Å²) in [5, 5.41) is 14.1. The van der Waals surface area contributed by atoms with Crippen LogP contribution < -0.4 is 10.6 Å². The fourth-order valence-electron chi connectivity index (χ4n) is 3.70. The number of carboxylic acids is 1. The molecule has 0 bridgehead atoms.